The van der Waals surface area contributed by atoms with Gasteiger partial charge in [0.25, 0.3) is 0 Å². The Morgan fingerprint density at radius 1 is 1.29 bits per heavy atom. The summed E-state index contributed by atoms with van der Waals surface area (Å²) in [4.78, 5) is 0. The summed E-state index contributed by atoms with van der Waals surface area (Å²) in [6, 6.07) is 4.95. The summed E-state index contributed by atoms with van der Waals surface area (Å²) >= 11 is 0. The van der Waals surface area contributed by atoms with Crippen molar-refractivity contribution in [2.24, 2.45) is 0 Å². The molecule has 0 radical (unpaired) electrons. The van der Waals surface area contributed by atoms with Crippen LogP contribution in [0, 0.1) is 0 Å². The molecule has 1 rings (SSSR count). The maximum atomic E-state index is 9.50. The minimum absolute atomic E-state index is 0.0758. The minimum Gasteiger partial charge on any atom is -0.508 e. The van der Waals surface area contributed by atoms with Crippen molar-refractivity contribution in [3.63, 3.8) is 0 Å². The van der Waals surface area contributed by atoms with Gasteiger partial charge in [-0.05, 0) is 26.0 Å². The molecule has 1 aromatic carbocycles. The Kier molecular flexibility index (Phi) is 3.12. The van der Waals surface area contributed by atoms with Gasteiger partial charge in [0.15, 0.2) is 6.21 Å². The van der Waals surface area contributed by atoms with E-state index in [1.165, 1.54) is 6.07 Å². The molecule has 0 spiro atoms. The van der Waals surface area contributed by atoms with Crippen LogP contribution < -0.4 is 0 Å². The predicted molar refractivity (Wildman–Crippen MR) is 56.3 cm³/mol. The van der Waals surface area contributed by atoms with Crippen LogP contribution in [0.15, 0.2) is 18.2 Å². The highest BCUT2D eigenvalue weighted by Crippen LogP contribution is 2.20. The monoisotopic (exact) mass is 194 g/mol. The van der Waals surface area contributed by atoms with E-state index in [4.69, 9.17) is 5.11 Å². The normalized spacial score (nSPS) is 12.1. The summed E-state index contributed by atoms with van der Waals surface area (Å²) in [5.41, 5.74) is 0.707. The zero-order chi connectivity index (χ0) is 10.7. The highest BCUT2D eigenvalue weighted by molar-refractivity contribution is 5.80. The Hall–Kier alpha value is -1.51. The predicted octanol–water partition coefficient (Wildman–Crippen LogP) is 1.57. The lowest BCUT2D eigenvalue weighted by Gasteiger charge is -2.02. The molecule has 0 bridgehead atoms. The molecular formula is C11H16NO2+. The van der Waals surface area contributed by atoms with Crippen molar-refractivity contribution in [2.45, 2.75) is 19.9 Å². The van der Waals surface area contributed by atoms with Gasteiger partial charge in [0, 0.05) is 6.07 Å². The van der Waals surface area contributed by atoms with Crippen LogP contribution >= 0.6 is 0 Å². The molecule has 0 saturated heterocycles. The molecule has 0 aromatic heterocycles. The van der Waals surface area contributed by atoms with Gasteiger partial charge in [0.05, 0.1) is 5.56 Å². The molecule has 3 nitrogen and oxygen atoms in total. The van der Waals surface area contributed by atoms with Crippen molar-refractivity contribution in [1.29, 1.82) is 0 Å². The molecular weight excluding hydrogens is 178 g/mol. The van der Waals surface area contributed by atoms with Gasteiger partial charge in [0.1, 0.15) is 24.6 Å². The molecule has 0 aliphatic heterocycles. The topological polar surface area (TPSA) is 43.5 Å². The number of phenolic OH excluding ortho intramolecular Hbond substituents is 2. The van der Waals surface area contributed by atoms with Gasteiger partial charge in [-0.15, -0.1) is 0 Å². The van der Waals surface area contributed by atoms with Gasteiger partial charge in [-0.1, -0.05) is 0 Å². The van der Waals surface area contributed by atoms with Crippen molar-refractivity contribution in [2.75, 3.05) is 7.05 Å². The van der Waals surface area contributed by atoms with E-state index in [0.29, 0.717) is 11.6 Å². The second-order valence-electron chi connectivity index (χ2n) is 3.63. The van der Waals surface area contributed by atoms with Crippen LogP contribution in [0.2, 0.25) is 0 Å². The summed E-state index contributed by atoms with van der Waals surface area (Å²) in [5.74, 6) is 0.171. The van der Waals surface area contributed by atoms with Crippen LogP contribution in [-0.2, 0) is 0 Å². The fourth-order valence-corrected chi connectivity index (χ4v) is 1.01. The third-order valence-electron chi connectivity index (χ3n) is 2.17. The van der Waals surface area contributed by atoms with Crippen LogP contribution in [-0.4, -0.2) is 34.1 Å². The second kappa shape index (κ2) is 4.13. The lowest BCUT2D eigenvalue weighted by molar-refractivity contribution is -0.524. The third kappa shape index (κ3) is 2.49. The first-order valence-corrected chi connectivity index (χ1v) is 4.59. The quantitative estimate of drug-likeness (QED) is 0.554. The molecule has 0 aliphatic carbocycles. The van der Waals surface area contributed by atoms with E-state index in [-0.39, 0.29) is 11.5 Å². The molecule has 0 atom stereocenters. The number of rotatable bonds is 2. The first-order chi connectivity index (χ1) is 6.50. The van der Waals surface area contributed by atoms with Crippen LogP contribution in [0.5, 0.6) is 11.5 Å². The summed E-state index contributed by atoms with van der Waals surface area (Å²) < 4.78 is 1.99. The SMILES string of the molecule is CC(C)/[N+](C)=C/c1ccc(O)cc1O. The maximum absolute atomic E-state index is 9.50. The van der Waals surface area contributed by atoms with E-state index in [2.05, 4.69) is 13.8 Å². The van der Waals surface area contributed by atoms with E-state index in [9.17, 15) is 5.11 Å². The number of hydrogen-bond acceptors (Lipinski definition) is 2. The molecule has 2 N–H and O–H groups in total. The fraction of sp³-hybridized carbons (Fsp3) is 0.364. The van der Waals surface area contributed by atoms with Crippen LogP contribution in [0.1, 0.15) is 19.4 Å². The minimum atomic E-state index is 0.0758. The van der Waals surface area contributed by atoms with Gasteiger partial charge in [-0.3, -0.25) is 0 Å². The van der Waals surface area contributed by atoms with Gasteiger partial charge < -0.3 is 10.2 Å². The van der Waals surface area contributed by atoms with Gasteiger partial charge in [-0.2, -0.15) is 0 Å². The van der Waals surface area contributed by atoms with Crippen molar-refractivity contribution >= 4 is 6.21 Å². The number of aromatic hydroxyl groups is 2. The van der Waals surface area contributed by atoms with Crippen molar-refractivity contribution in [1.82, 2.24) is 0 Å². The third-order valence-corrected chi connectivity index (χ3v) is 2.17. The Bertz CT molecular complexity index is 356. The zero-order valence-corrected chi connectivity index (χ0v) is 8.73. The number of benzene rings is 1. The molecule has 0 fully saturated rings. The summed E-state index contributed by atoms with van der Waals surface area (Å²) in [5, 5.41) is 18.6. The van der Waals surface area contributed by atoms with Crippen molar-refractivity contribution in [3.8, 4) is 11.5 Å². The molecule has 1 aromatic rings. The number of nitrogens with zero attached hydrogens (tertiary/aromatic N) is 1. The molecule has 0 aliphatic rings. The van der Waals surface area contributed by atoms with Crippen LogP contribution in [0.3, 0.4) is 0 Å². The van der Waals surface area contributed by atoms with Crippen molar-refractivity contribution < 1.29 is 14.8 Å². The van der Waals surface area contributed by atoms with Crippen LogP contribution in [0.4, 0.5) is 0 Å². The van der Waals surface area contributed by atoms with Crippen LogP contribution in [0.25, 0.3) is 0 Å². The lowest BCUT2D eigenvalue weighted by Crippen LogP contribution is -2.16. The van der Waals surface area contributed by atoms with Crippen molar-refractivity contribution in [3.05, 3.63) is 23.8 Å². The fourth-order valence-electron chi connectivity index (χ4n) is 1.01. The first kappa shape index (κ1) is 10.6. The second-order valence-corrected chi connectivity index (χ2v) is 3.63. The first-order valence-electron chi connectivity index (χ1n) is 4.59. The average molecular weight is 194 g/mol. The summed E-state index contributed by atoms with van der Waals surface area (Å²) in [6.07, 6.45) is 1.85. The number of phenols is 2. The molecule has 76 valence electrons. The van der Waals surface area contributed by atoms with Gasteiger partial charge in [-0.25, -0.2) is 4.58 Å². The molecule has 3 heteroatoms. The molecule has 0 saturated carbocycles. The smallest absolute Gasteiger partial charge is 0.174 e. The molecule has 0 amide bonds. The Morgan fingerprint density at radius 2 is 1.93 bits per heavy atom. The largest absolute Gasteiger partial charge is 0.508 e. The van der Waals surface area contributed by atoms with E-state index < -0.39 is 0 Å². The highest BCUT2D eigenvalue weighted by atomic mass is 16.3. The standard InChI is InChI=1S/C11H15NO2/c1-8(2)12(3)7-9-4-5-10(13)6-11(9)14/h4-8H,1-3H3,(H,13,14)/p+1. The van der Waals surface area contributed by atoms with Gasteiger partial charge in [0.2, 0.25) is 0 Å². The number of hydrogen-bond donors (Lipinski definition) is 2. The summed E-state index contributed by atoms with van der Waals surface area (Å²) in [7, 11) is 1.94. The van der Waals surface area contributed by atoms with E-state index in [0.717, 1.165) is 0 Å². The zero-order valence-electron chi connectivity index (χ0n) is 8.73. The maximum Gasteiger partial charge on any atom is 0.174 e. The van der Waals surface area contributed by atoms with E-state index in [1.807, 2.05) is 17.8 Å². The molecule has 0 heterocycles. The Labute approximate surface area is 83.9 Å². The van der Waals surface area contributed by atoms with Gasteiger partial charge >= 0.3 is 0 Å². The van der Waals surface area contributed by atoms with E-state index >= 15 is 0 Å². The lowest BCUT2D eigenvalue weighted by atomic mass is 10.2. The molecule has 14 heavy (non-hydrogen) atoms. The Morgan fingerprint density at radius 3 is 2.43 bits per heavy atom. The Balaban J connectivity index is 3.03. The highest BCUT2D eigenvalue weighted by Gasteiger charge is 2.06. The molecule has 0 unspecified atom stereocenters. The van der Waals surface area contributed by atoms with E-state index in [1.54, 1.807) is 12.1 Å². The average Bonchev–Trinajstić information content (AvgIpc) is 2.09. The summed E-state index contributed by atoms with van der Waals surface area (Å²) in [6.45, 7) is 4.13.